The molecule has 0 radical (unpaired) electrons. The first-order valence-corrected chi connectivity index (χ1v) is 17.3. The number of nitrogens with zero attached hydrogens (tertiary/aromatic N) is 6. The van der Waals surface area contributed by atoms with Gasteiger partial charge in [-0.2, -0.15) is 10.2 Å². The highest BCUT2D eigenvalue weighted by atomic mass is 35.5. The number of hydrogen-bond acceptors (Lipinski definition) is 8. The van der Waals surface area contributed by atoms with Crippen LogP contribution >= 0.6 is 23.4 Å². The molecule has 6 aromatic rings. The number of halogens is 1. The number of aromatic nitrogens is 6. The average molecular weight is 687 g/mol. The van der Waals surface area contributed by atoms with Crippen LogP contribution in [0.25, 0.3) is 32.9 Å². The number of aliphatic hydroxyl groups is 1. The molecule has 48 heavy (non-hydrogen) atoms. The second-order valence-corrected chi connectivity index (χ2v) is 13.4. The van der Waals surface area contributed by atoms with Gasteiger partial charge in [-0.25, -0.2) is 4.79 Å². The van der Waals surface area contributed by atoms with Gasteiger partial charge in [0, 0.05) is 73.0 Å². The van der Waals surface area contributed by atoms with Crippen LogP contribution < -0.4 is 0 Å². The summed E-state index contributed by atoms with van der Waals surface area (Å²) in [6, 6.07) is 13.7. The van der Waals surface area contributed by atoms with Crippen molar-refractivity contribution in [2.24, 2.45) is 21.1 Å². The van der Waals surface area contributed by atoms with Crippen LogP contribution in [0.1, 0.15) is 50.8 Å². The van der Waals surface area contributed by atoms with Crippen molar-refractivity contribution in [3.05, 3.63) is 93.3 Å². The van der Waals surface area contributed by atoms with Crippen molar-refractivity contribution in [1.82, 2.24) is 29.1 Å². The molecule has 2 aromatic carbocycles. The largest absolute Gasteiger partial charge is 0.506 e. The number of carbonyl (C=O) groups excluding carboxylic acids is 1. The summed E-state index contributed by atoms with van der Waals surface area (Å²) in [6.45, 7) is 2.00. The number of phenolic OH excluding ortho intramolecular Hbond substituents is 1. The van der Waals surface area contributed by atoms with Crippen LogP contribution in [0.2, 0.25) is 5.02 Å². The number of phenols is 1. The molecule has 0 atom stereocenters. The average Bonchev–Trinajstić information content (AvgIpc) is 3.67. The lowest BCUT2D eigenvalue weighted by Crippen LogP contribution is -2.10. The maximum absolute atomic E-state index is 13.0. The van der Waals surface area contributed by atoms with Gasteiger partial charge in [0.15, 0.2) is 0 Å². The van der Waals surface area contributed by atoms with Crippen LogP contribution in [-0.2, 0) is 56.6 Å². The number of rotatable bonds is 12. The van der Waals surface area contributed by atoms with E-state index in [4.69, 9.17) is 26.5 Å². The van der Waals surface area contributed by atoms with E-state index < -0.39 is 5.97 Å². The van der Waals surface area contributed by atoms with Crippen molar-refractivity contribution in [2.45, 2.75) is 44.1 Å². The van der Waals surface area contributed by atoms with Crippen molar-refractivity contribution in [3.8, 4) is 16.9 Å². The second kappa shape index (κ2) is 14.0. The van der Waals surface area contributed by atoms with Gasteiger partial charge in [0.1, 0.15) is 17.0 Å². The molecule has 0 bridgehead atoms. The Hall–Kier alpha value is -4.32. The number of hydrogen-bond donors (Lipinski definition) is 2. The number of pyridine rings is 1. The number of carbonyl (C=O) groups is 1. The van der Waals surface area contributed by atoms with Gasteiger partial charge in [-0.1, -0.05) is 23.7 Å². The summed E-state index contributed by atoms with van der Waals surface area (Å²) < 4.78 is 10.9. The highest BCUT2D eigenvalue weighted by Crippen LogP contribution is 2.42. The maximum Gasteiger partial charge on any atom is 0.354 e. The molecular weight excluding hydrogens is 648 g/mol. The van der Waals surface area contributed by atoms with E-state index in [1.807, 2.05) is 66.3 Å². The first kappa shape index (κ1) is 33.6. The van der Waals surface area contributed by atoms with E-state index in [0.29, 0.717) is 40.6 Å². The summed E-state index contributed by atoms with van der Waals surface area (Å²) in [4.78, 5) is 17.2. The van der Waals surface area contributed by atoms with E-state index in [2.05, 4.69) is 17.1 Å². The highest BCUT2D eigenvalue weighted by Gasteiger charge is 2.27. The quantitative estimate of drug-likeness (QED) is 0.141. The van der Waals surface area contributed by atoms with Crippen LogP contribution in [-0.4, -0.2) is 59.0 Å². The molecule has 0 unspecified atom stereocenters. The van der Waals surface area contributed by atoms with E-state index in [1.54, 1.807) is 24.0 Å². The first-order chi connectivity index (χ1) is 23.1. The zero-order valence-electron chi connectivity index (χ0n) is 27.7. The molecule has 4 aromatic heterocycles. The Bertz CT molecular complexity index is 2150. The fraction of sp³-hybridized carbons (Fsp3) is 0.333. The van der Waals surface area contributed by atoms with Crippen LogP contribution in [0.15, 0.2) is 48.7 Å². The number of fused-ring (bicyclic) bond motifs is 2. The predicted molar refractivity (Wildman–Crippen MR) is 191 cm³/mol. The molecule has 2 N–H and O–H groups in total. The summed E-state index contributed by atoms with van der Waals surface area (Å²) in [6.07, 6.45) is 4.30. The minimum absolute atomic E-state index is 0.0191. The fourth-order valence-corrected chi connectivity index (χ4v) is 7.90. The van der Waals surface area contributed by atoms with Gasteiger partial charge in [-0.15, -0.1) is 11.8 Å². The van der Waals surface area contributed by atoms with Gasteiger partial charge in [0.05, 0.1) is 34.7 Å². The van der Waals surface area contributed by atoms with E-state index in [9.17, 15) is 15.0 Å². The number of methoxy groups -OCH3 is 1. The summed E-state index contributed by atoms with van der Waals surface area (Å²) in [5.41, 5.74) is 9.55. The molecule has 10 nitrogen and oxygen atoms in total. The third kappa shape index (κ3) is 6.29. The normalized spacial score (nSPS) is 11.6. The zero-order chi connectivity index (χ0) is 34.1. The zero-order valence-corrected chi connectivity index (χ0v) is 29.3. The molecule has 0 fully saturated rings. The van der Waals surface area contributed by atoms with Gasteiger partial charge in [0.2, 0.25) is 0 Å². The third-order valence-electron chi connectivity index (χ3n) is 8.89. The van der Waals surface area contributed by atoms with E-state index in [-0.39, 0.29) is 12.4 Å². The Morgan fingerprint density at radius 2 is 1.81 bits per heavy atom. The Balaban J connectivity index is 1.24. The minimum atomic E-state index is -0.426. The molecule has 0 aliphatic heterocycles. The van der Waals surface area contributed by atoms with Gasteiger partial charge in [0.25, 0.3) is 0 Å². The molecular formula is C36H39ClN6O4S. The topological polar surface area (TPSA) is 120 Å². The predicted octanol–water partition coefficient (Wildman–Crippen LogP) is 6.46. The van der Waals surface area contributed by atoms with Gasteiger partial charge in [-0.3, -0.25) is 14.3 Å². The summed E-state index contributed by atoms with van der Waals surface area (Å²) in [5.74, 6) is 1.15. The van der Waals surface area contributed by atoms with E-state index in [0.717, 1.165) is 74.2 Å². The number of aliphatic hydroxyl groups excluding tert-OH is 1. The molecule has 12 heteroatoms. The molecule has 6 rings (SSSR count). The van der Waals surface area contributed by atoms with Crippen molar-refractivity contribution >= 4 is 51.1 Å². The van der Waals surface area contributed by atoms with E-state index >= 15 is 0 Å². The summed E-state index contributed by atoms with van der Waals surface area (Å²) in [7, 11) is 7.14. The van der Waals surface area contributed by atoms with Crippen molar-refractivity contribution in [3.63, 3.8) is 0 Å². The number of esters is 1. The second-order valence-electron chi connectivity index (χ2n) is 12.0. The van der Waals surface area contributed by atoms with Crippen molar-refractivity contribution in [2.75, 3.05) is 13.7 Å². The number of aromatic hydroxyl groups is 1. The molecule has 0 saturated carbocycles. The Morgan fingerprint density at radius 3 is 2.58 bits per heavy atom. The summed E-state index contributed by atoms with van der Waals surface area (Å²) >= 11 is 8.71. The number of ether oxygens (including phenoxy) is 1. The third-order valence-corrected chi connectivity index (χ3v) is 10.2. The number of benzene rings is 2. The standard InChI is InChI=1S/C36H39ClN6O4S/c1-21-31(32-28(37)13-12-27-26(9-7-15-44)35(36(46)47-5)41(2)34(27)32)29(43(4)39-21)20-48-19-24-18-25(42(3)40-24)11-10-22-16-23-8-6-14-38-33(23)30(45)17-22/h6,8,12-14,16-18,44-45H,7,9-11,15,19-20H2,1-5H3. The number of aryl methyl sites for hydroxylation is 7. The molecule has 0 saturated heterocycles. The molecule has 0 spiro atoms. The fourth-order valence-electron chi connectivity index (χ4n) is 6.68. The molecule has 0 aliphatic rings. The van der Waals surface area contributed by atoms with Crippen LogP contribution in [0.4, 0.5) is 0 Å². The Labute approximate surface area is 288 Å². The molecule has 0 amide bonds. The lowest BCUT2D eigenvalue weighted by Gasteiger charge is -2.12. The monoisotopic (exact) mass is 686 g/mol. The summed E-state index contributed by atoms with van der Waals surface area (Å²) in [5, 5.41) is 32.0. The van der Waals surface area contributed by atoms with E-state index in [1.165, 1.54) is 7.11 Å². The van der Waals surface area contributed by atoms with Gasteiger partial charge in [-0.05, 0) is 74.1 Å². The first-order valence-electron chi connectivity index (χ1n) is 15.8. The van der Waals surface area contributed by atoms with Crippen LogP contribution in [0, 0.1) is 6.92 Å². The highest BCUT2D eigenvalue weighted by molar-refractivity contribution is 7.97. The molecule has 250 valence electrons. The Morgan fingerprint density at radius 1 is 1.00 bits per heavy atom. The van der Waals surface area contributed by atoms with Crippen molar-refractivity contribution in [1.29, 1.82) is 0 Å². The number of thioether (sulfide) groups is 1. The molecule has 4 heterocycles. The minimum Gasteiger partial charge on any atom is -0.506 e. The lowest BCUT2D eigenvalue weighted by atomic mass is 9.98. The smallest absolute Gasteiger partial charge is 0.354 e. The van der Waals surface area contributed by atoms with Crippen LogP contribution in [0.5, 0.6) is 5.75 Å². The molecule has 0 aliphatic carbocycles. The van der Waals surface area contributed by atoms with Gasteiger partial charge < -0.3 is 19.5 Å². The van der Waals surface area contributed by atoms with Crippen molar-refractivity contribution < 1.29 is 19.7 Å². The SMILES string of the molecule is COC(=O)c1c(CCCO)c2ccc(Cl)c(-c3c(C)nn(C)c3CSCc3cc(CCc4cc(O)c5ncccc5c4)n(C)n3)c2n1C. The van der Waals surface area contributed by atoms with Crippen LogP contribution in [0.3, 0.4) is 0 Å². The van der Waals surface area contributed by atoms with Gasteiger partial charge >= 0.3 is 5.97 Å². The maximum atomic E-state index is 13.0. The Kier molecular flexibility index (Phi) is 9.82. The lowest BCUT2D eigenvalue weighted by molar-refractivity contribution is 0.0589.